The number of hydrogen-bond acceptors (Lipinski definition) is 3. The molecule has 0 spiro atoms. The molecule has 4 nitrogen and oxygen atoms in total. The minimum Gasteiger partial charge on any atom is -0.374 e. The van der Waals surface area contributed by atoms with Gasteiger partial charge in [-0.05, 0) is 38.9 Å². The van der Waals surface area contributed by atoms with Crippen LogP contribution < -0.4 is 0 Å². The van der Waals surface area contributed by atoms with Gasteiger partial charge in [-0.1, -0.05) is 20.8 Å². The number of amides is 1. The van der Waals surface area contributed by atoms with Gasteiger partial charge in [-0.3, -0.25) is 4.79 Å². The molecule has 1 amide bonds. The quantitative estimate of drug-likeness (QED) is 0.783. The van der Waals surface area contributed by atoms with Crippen molar-refractivity contribution in [2.75, 3.05) is 39.8 Å². The molecule has 0 N–H and O–H groups in total. The number of ether oxygens (including phenoxy) is 1. The van der Waals surface area contributed by atoms with E-state index in [2.05, 4.69) is 11.9 Å². The lowest BCUT2D eigenvalue weighted by Crippen LogP contribution is -2.55. The van der Waals surface area contributed by atoms with Gasteiger partial charge < -0.3 is 14.5 Å². The second kappa shape index (κ2) is 8.54. The summed E-state index contributed by atoms with van der Waals surface area (Å²) >= 11 is 0. The summed E-state index contributed by atoms with van der Waals surface area (Å²) < 4.78 is 5.87. The van der Waals surface area contributed by atoms with Gasteiger partial charge in [-0.15, -0.1) is 0 Å². The van der Waals surface area contributed by atoms with Gasteiger partial charge in [0.05, 0.1) is 12.7 Å². The van der Waals surface area contributed by atoms with E-state index in [0.29, 0.717) is 12.5 Å². The number of piperidine rings is 1. The van der Waals surface area contributed by atoms with Crippen LogP contribution in [0.3, 0.4) is 0 Å². The van der Waals surface area contributed by atoms with E-state index in [0.717, 1.165) is 25.6 Å². The van der Waals surface area contributed by atoms with Crippen molar-refractivity contribution in [2.24, 2.45) is 5.92 Å². The number of nitrogens with zero attached hydrogens (tertiary/aromatic N) is 2. The Morgan fingerprint density at radius 3 is 2.32 bits per heavy atom. The summed E-state index contributed by atoms with van der Waals surface area (Å²) in [7, 11) is 2.18. The average molecular weight is 270 g/mol. The summed E-state index contributed by atoms with van der Waals surface area (Å²) in [5.74, 6) is 0.978. The molecule has 0 saturated carbocycles. The zero-order valence-electron chi connectivity index (χ0n) is 13.0. The lowest BCUT2D eigenvalue weighted by Gasteiger charge is -2.40. The second-order valence-electron chi connectivity index (χ2n) is 5.35. The first-order valence-electron chi connectivity index (χ1n) is 7.77. The molecule has 2 fully saturated rings. The van der Waals surface area contributed by atoms with Gasteiger partial charge >= 0.3 is 0 Å². The molecular formula is C15H30N2O2. The maximum atomic E-state index is 11.3. The minimum absolute atomic E-state index is 0.254. The van der Waals surface area contributed by atoms with Crippen molar-refractivity contribution in [1.82, 2.24) is 9.80 Å². The Kier molecular flexibility index (Phi) is 7.39. The Morgan fingerprint density at radius 2 is 1.79 bits per heavy atom. The molecule has 2 rings (SSSR count). The third kappa shape index (κ3) is 5.11. The number of hydrogen-bond donors (Lipinski definition) is 0. The fourth-order valence-corrected chi connectivity index (χ4v) is 2.47. The first-order chi connectivity index (χ1) is 9.19. The highest BCUT2D eigenvalue weighted by Crippen LogP contribution is 2.19. The number of carbonyl (C=O) groups excluding carboxylic acids is 1. The molecule has 2 aliphatic heterocycles. The van der Waals surface area contributed by atoms with Crippen molar-refractivity contribution in [2.45, 2.75) is 46.1 Å². The molecule has 0 aromatic rings. The van der Waals surface area contributed by atoms with Crippen molar-refractivity contribution in [3.63, 3.8) is 0 Å². The molecule has 2 saturated heterocycles. The Morgan fingerprint density at radius 1 is 1.21 bits per heavy atom. The molecule has 0 aliphatic carbocycles. The first-order valence-corrected chi connectivity index (χ1v) is 7.77. The third-order valence-electron chi connectivity index (χ3n) is 3.91. The van der Waals surface area contributed by atoms with Gasteiger partial charge in [-0.2, -0.15) is 0 Å². The average Bonchev–Trinajstić information content (AvgIpc) is 2.41. The van der Waals surface area contributed by atoms with Crippen LogP contribution in [0.5, 0.6) is 0 Å². The Bertz CT molecular complexity index is 257. The fraction of sp³-hybridized carbons (Fsp3) is 0.933. The highest BCUT2D eigenvalue weighted by molar-refractivity contribution is 5.76. The topological polar surface area (TPSA) is 32.8 Å². The van der Waals surface area contributed by atoms with E-state index >= 15 is 0 Å². The van der Waals surface area contributed by atoms with Crippen molar-refractivity contribution in [3.05, 3.63) is 0 Å². The van der Waals surface area contributed by atoms with E-state index in [9.17, 15) is 4.79 Å². The van der Waals surface area contributed by atoms with Crippen LogP contribution in [0.25, 0.3) is 0 Å². The van der Waals surface area contributed by atoms with Crippen LogP contribution in [-0.4, -0.2) is 61.6 Å². The summed E-state index contributed by atoms with van der Waals surface area (Å²) in [5.41, 5.74) is 0. The SMILES string of the molecule is CC.CCC(=O)N1CC(OCC2CCN(C)CC2)C1. The fourth-order valence-electron chi connectivity index (χ4n) is 2.47. The monoisotopic (exact) mass is 270 g/mol. The zero-order valence-corrected chi connectivity index (χ0v) is 13.0. The predicted molar refractivity (Wildman–Crippen MR) is 78.2 cm³/mol. The van der Waals surface area contributed by atoms with Crippen molar-refractivity contribution in [1.29, 1.82) is 0 Å². The standard InChI is InChI=1S/C13H24N2O2.C2H6/c1-3-13(16)15-8-12(9-15)17-10-11-4-6-14(2)7-5-11;1-2/h11-12H,3-10H2,1-2H3;1-2H3. The molecule has 0 bridgehead atoms. The van der Waals surface area contributed by atoms with Gasteiger partial charge in [0.25, 0.3) is 0 Å². The molecule has 4 heteroatoms. The van der Waals surface area contributed by atoms with Gasteiger partial charge in [0.2, 0.25) is 5.91 Å². The number of likely N-dealkylation sites (tertiary alicyclic amines) is 2. The van der Waals surface area contributed by atoms with Crippen LogP contribution in [0.1, 0.15) is 40.0 Å². The van der Waals surface area contributed by atoms with Crippen LogP contribution in [-0.2, 0) is 9.53 Å². The lowest BCUT2D eigenvalue weighted by molar-refractivity contribution is -0.145. The smallest absolute Gasteiger partial charge is 0.222 e. The Hall–Kier alpha value is -0.610. The van der Waals surface area contributed by atoms with Crippen molar-refractivity contribution < 1.29 is 9.53 Å². The molecule has 0 atom stereocenters. The molecule has 19 heavy (non-hydrogen) atoms. The van der Waals surface area contributed by atoms with Crippen LogP contribution in [0.15, 0.2) is 0 Å². The molecule has 0 radical (unpaired) electrons. The van der Waals surface area contributed by atoms with E-state index in [-0.39, 0.29) is 5.91 Å². The van der Waals surface area contributed by atoms with E-state index in [1.165, 1.54) is 25.9 Å². The van der Waals surface area contributed by atoms with Crippen molar-refractivity contribution >= 4 is 5.91 Å². The number of rotatable bonds is 4. The van der Waals surface area contributed by atoms with Gasteiger partial charge in [0, 0.05) is 19.5 Å². The van der Waals surface area contributed by atoms with E-state index in [1.807, 2.05) is 25.7 Å². The molecule has 0 aromatic heterocycles. The van der Waals surface area contributed by atoms with Gasteiger partial charge in [0.1, 0.15) is 0 Å². The molecule has 2 heterocycles. The van der Waals surface area contributed by atoms with E-state index in [4.69, 9.17) is 4.74 Å². The molecular weight excluding hydrogens is 240 g/mol. The first kappa shape index (κ1) is 16.4. The molecule has 2 aliphatic rings. The molecule has 112 valence electrons. The summed E-state index contributed by atoms with van der Waals surface area (Å²) in [6.07, 6.45) is 3.41. The zero-order chi connectivity index (χ0) is 14.3. The normalized spacial score (nSPS) is 21.6. The summed E-state index contributed by atoms with van der Waals surface area (Å²) in [6.45, 7) is 10.8. The van der Waals surface area contributed by atoms with Crippen LogP contribution in [0, 0.1) is 5.92 Å². The summed E-state index contributed by atoms with van der Waals surface area (Å²) in [4.78, 5) is 15.6. The van der Waals surface area contributed by atoms with Crippen LogP contribution in [0.4, 0.5) is 0 Å². The summed E-state index contributed by atoms with van der Waals surface area (Å²) in [5, 5.41) is 0. The Labute approximate surface area is 118 Å². The predicted octanol–water partition coefficient (Wildman–Crippen LogP) is 1.99. The highest BCUT2D eigenvalue weighted by Gasteiger charge is 2.31. The van der Waals surface area contributed by atoms with E-state index in [1.54, 1.807) is 0 Å². The lowest BCUT2D eigenvalue weighted by atomic mass is 9.98. The van der Waals surface area contributed by atoms with Gasteiger partial charge in [-0.25, -0.2) is 0 Å². The van der Waals surface area contributed by atoms with Crippen LogP contribution in [0.2, 0.25) is 0 Å². The maximum Gasteiger partial charge on any atom is 0.222 e. The number of carbonyl (C=O) groups is 1. The molecule has 0 aromatic carbocycles. The van der Waals surface area contributed by atoms with Gasteiger partial charge in [0.15, 0.2) is 0 Å². The largest absolute Gasteiger partial charge is 0.374 e. The third-order valence-corrected chi connectivity index (χ3v) is 3.91. The maximum absolute atomic E-state index is 11.3. The Balaban J connectivity index is 0.000000861. The highest BCUT2D eigenvalue weighted by atomic mass is 16.5. The second-order valence-corrected chi connectivity index (χ2v) is 5.35. The van der Waals surface area contributed by atoms with Crippen LogP contribution >= 0.6 is 0 Å². The minimum atomic E-state index is 0.254. The van der Waals surface area contributed by atoms with Crippen molar-refractivity contribution in [3.8, 4) is 0 Å². The molecule has 0 unspecified atom stereocenters. The van der Waals surface area contributed by atoms with E-state index < -0.39 is 0 Å². The summed E-state index contributed by atoms with van der Waals surface area (Å²) in [6, 6.07) is 0.